The van der Waals surface area contributed by atoms with Crippen LogP contribution in [0.15, 0.2) is 48.7 Å². The molecule has 5 nitrogen and oxygen atoms in total. The van der Waals surface area contributed by atoms with Crippen LogP contribution in [0.2, 0.25) is 5.02 Å². The molecule has 1 aromatic carbocycles. The van der Waals surface area contributed by atoms with Crippen LogP contribution < -0.4 is 10.6 Å². The van der Waals surface area contributed by atoms with Crippen molar-refractivity contribution in [3.8, 4) is 0 Å². The lowest BCUT2D eigenvalue weighted by molar-refractivity contribution is -0.140. The van der Waals surface area contributed by atoms with E-state index in [-0.39, 0.29) is 6.04 Å². The second-order valence-corrected chi connectivity index (χ2v) is 7.85. The third-order valence-electron chi connectivity index (χ3n) is 5.28. The first kappa shape index (κ1) is 26.7. The van der Waals surface area contributed by atoms with Gasteiger partial charge in [-0.15, -0.1) is 0 Å². The number of aromatic nitrogens is 2. The lowest BCUT2D eigenvalue weighted by Crippen LogP contribution is -2.35. The normalized spacial score (nSPS) is 17.9. The first-order valence-corrected chi connectivity index (χ1v) is 11.4. The molecule has 2 N–H and O–H groups in total. The first-order chi connectivity index (χ1) is 15.8. The summed E-state index contributed by atoms with van der Waals surface area (Å²) < 4.78 is 39.9. The Morgan fingerprint density at radius 3 is 2.18 bits per heavy atom. The molecule has 0 atom stereocenters. The lowest BCUT2D eigenvalue weighted by Gasteiger charge is -2.29. The van der Waals surface area contributed by atoms with E-state index in [0.717, 1.165) is 38.2 Å². The number of hydrogen-bond donors (Lipinski definition) is 2. The third-order valence-corrected chi connectivity index (χ3v) is 5.53. The third kappa shape index (κ3) is 7.75. The van der Waals surface area contributed by atoms with Gasteiger partial charge in [0.05, 0.1) is 0 Å². The van der Waals surface area contributed by atoms with Crippen molar-refractivity contribution in [2.75, 3.05) is 12.4 Å². The predicted molar refractivity (Wildman–Crippen MR) is 127 cm³/mol. The summed E-state index contributed by atoms with van der Waals surface area (Å²) in [7, 11) is 1.96. The summed E-state index contributed by atoms with van der Waals surface area (Å²) in [6, 6.07) is 12.6. The van der Waals surface area contributed by atoms with E-state index < -0.39 is 11.9 Å². The van der Waals surface area contributed by atoms with Gasteiger partial charge in [-0.25, -0.2) is 4.98 Å². The van der Waals surface area contributed by atoms with Crippen LogP contribution in [0.1, 0.15) is 55.6 Å². The van der Waals surface area contributed by atoms with Gasteiger partial charge >= 0.3 is 6.18 Å². The molecule has 1 aliphatic rings. The van der Waals surface area contributed by atoms with Crippen LogP contribution in [0, 0.1) is 0 Å². The Labute approximate surface area is 197 Å². The van der Waals surface area contributed by atoms with Crippen molar-refractivity contribution in [3.63, 3.8) is 0 Å². The van der Waals surface area contributed by atoms with E-state index >= 15 is 0 Å². The predicted octanol–water partition coefficient (Wildman–Crippen LogP) is 6.47. The standard InChI is InChI=1S/C15H19F3N4.C7H5ClO.C2H6/c1-19-10-5-7-11(8-6-10)20-13-3-2-4-14-21-12(9-22(13)14)15(16,17)18;8-7-3-1-6(5-9)2-4-7;1-2/h2-4,9-11,19-20H,5-8H2,1H3;1-5H;1-2H3. The van der Waals surface area contributed by atoms with Gasteiger partial charge in [-0.05, 0) is 57.0 Å². The van der Waals surface area contributed by atoms with Gasteiger partial charge in [0, 0.05) is 28.9 Å². The Morgan fingerprint density at radius 1 is 1.03 bits per heavy atom. The molecule has 1 fully saturated rings. The van der Waals surface area contributed by atoms with Crippen LogP contribution >= 0.6 is 11.6 Å². The van der Waals surface area contributed by atoms with E-state index in [9.17, 15) is 18.0 Å². The number of nitrogens with one attached hydrogen (secondary N) is 2. The van der Waals surface area contributed by atoms with Crippen LogP contribution in [0.4, 0.5) is 19.0 Å². The van der Waals surface area contributed by atoms with Gasteiger partial charge in [-0.3, -0.25) is 9.20 Å². The molecule has 3 aromatic rings. The zero-order valence-corrected chi connectivity index (χ0v) is 19.7. The number of rotatable bonds is 4. The van der Waals surface area contributed by atoms with Crippen molar-refractivity contribution < 1.29 is 18.0 Å². The van der Waals surface area contributed by atoms with E-state index in [4.69, 9.17) is 11.6 Å². The van der Waals surface area contributed by atoms with E-state index in [0.29, 0.717) is 28.1 Å². The molecule has 0 aliphatic heterocycles. The largest absolute Gasteiger partial charge is 0.434 e. The Morgan fingerprint density at radius 2 is 1.64 bits per heavy atom. The molecule has 1 saturated carbocycles. The highest BCUT2D eigenvalue weighted by Crippen LogP contribution is 2.30. The van der Waals surface area contributed by atoms with Crippen LogP contribution in [-0.4, -0.2) is 34.8 Å². The van der Waals surface area contributed by atoms with Crippen molar-refractivity contribution in [3.05, 3.63) is 64.9 Å². The highest BCUT2D eigenvalue weighted by molar-refractivity contribution is 6.30. The molecule has 4 rings (SSSR count). The zero-order chi connectivity index (χ0) is 24.4. The minimum Gasteiger partial charge on any atom is -0.368 e. The molecule has 33 heavy (non-hydrogen) atoms. The van der Waals surface area contributed by atoms with Crippen LogP contribution in [0.3, 0.4) is 0 Å². The number of alkyl halides is 3. The number of fused-ring (bicyclic) bond motifs is 1. The molecule has 0 unspecified atom stereocenters. The minimum atomic E-state index is -4.42. The molecule has 2 heterocycles. The smallest absolute Gasteiger partial charge is 0.368 e. The Bertz CT molecular complexity index is 997. The topological polar surface area (TPSA) is 58.4 Å². The molecule has 0 spiro atoms. The molecular formula is C24H30ClF3N4O. The van der Waals surface area contributed by atoms with Gasteiger partial charge in [0.1, 0.15) is 17.8 Å². The van der Waals surface area contributed by atoms with Crippen molar-refractivity contribution in [1.82, 2.24) is 14.7 Å². The van der Waals surface area contributed by atoms with Crippen LogP contribution in [0.5, 0.6) is 0 Å². The lowest BCUT2D eigenvalue weighted by atomic mass is 9.91. The molecular weight excluding hydrogens is 453 g/mol. The molecule has 180 valence electrons. The quantitative estimate of drug-likeness (QED) is 0.418. The molecule has 0 bridgehead atoms. The monoisotopic (exact) mass is 482 g/mol. The van der Waals surface area contributed by atoms with Gasteiger partial charge in [0.15, 0.2) is 5.69 Å². The highest BCUT2D eigenvalue weighted by Gasteiger charge is 2.34. The second-order valence-electron chi connectivity index (χ2n) is 7.41. The highest BCUT2D eigenvalue weighted by atomic mass is 35.5. The fourth-order valence-electron chi connectivity index (χ4n) is 3.54. The van der Waals surface area contributed by atoms with Crippen molar-refractivity contribution in [2.24, 2.45) is 0 Å². The Kier molecular flexibility index (Phi) is 10.2. The summed E-state index contributed by atoms with van der Waals surface area (Å²) in [5.41, 5.74) is 0.0984. The summed E-state index contributed by atoms with van der Waals surface area (Å²) in [6.45, 7) is 4.00. The van der Waals surface area contributed by atoms with Crippen molar-refractivity contribution in [2.45, 2.75) is 57.8 Å². The van der Waals surface area contributed by atoms with Crippen molar-refractivity contribution >= 4 is 29.4 Å². The fraction of sp³-hybridized carbons (Fsp3) is 0.417. The molecule has 0 amide bonds. The number of benzene rings is 1. The summed E-state index contributed by atoms with van der Waals surface area (Å²) in [6.07, 6.45) is 1.57. The van der Waals surface area contributed by atoms with Crippen LogP contribution in [0.25, 0.3) is 5.65 Å². The number of pyridine rings is 1. The maximum Gasteiger partial charge on any atom is 0.434 e. The number of anilines is 1. The van der Waals surface area contributed by atoms with E-state index in [1.54, 1.807) is 42.5 Å². The molecule has 2 aromatic heterocycles. The SMILES string of the molecule is CC.CNC1CCC(Nc2cccc3nc(C(F)(F)F)cn23)CC1.O=Cc1ccc(Cl)cc1. The minimum absolute atomic E-state index is 0.284. The summed E-state index contributed by atoms with van der Waals surface area (Å²) in [4.78, 5) is 13.7. The molecule has 9 heteroatoms. The number of carbonyl (C=O) groups is 1. The fourth-order valence-corrected chi connectivity index (χ4v) is 3.67. The molecule has 0 saturated heterocycles. The molecule has 0 radical (unpaired) electrons. The van der Waals surface area contributed by atoms with Gasteiger partial charge in [-0.1, -0.05) is 43.6 Å². The Hall–Kier alpha value is -2.58. The number of nitrogens with zero attached hydrogens (tertiary/aromatic N) is 2. The van der Waals surface area contributed by atoms with Gasteiger partial charge in [0.25, 0.3) is 0 Å². The number of imidazole rings is 1. The number of aldehydes is 1. The average molecular weight is 483 g/mol. The molecule has 1 aliphatic carbocycles. The number of carbonyl (C=O) groups excluding carboxylic acids is 1. The first-order valence-electron chi connectivity index (χ1n) is 11.0. The summed E-state index contributed by atoms with van der Waals surface area (Å²) in [5, 5.41) is 7.28. The van der Waals surface area contributed by atoms with E-state index in [1.165, 1.54) is 4.40 Å². The zero-order valence-electron chi connectivity index (χ0n) is 19.0. The van der Waals surface area contributed by atoms with E-state index in [1.807, 2.05) is 20.9 Å². The number of hydrogen-bond acceptors (Lipinski definition) is 4. The Balaban J connectivity index is 0.000000293. The number of halogens is 4. The van der Waals surface area contributed by atoms with Crippen molar-refractivity contribution in [1.29, 1.82) is 0 Å². The van der Waals surface area contributed by atoms with Gasteiger partial charge in [0.2, 0.25) is 0 Å². The maximum absolute atomic E-state index is 12.8. The summed E-state index contributed by atoms with van der Waals surface area (Å²) in [5.74, 6) is 0.661. The average Bonchev–Trinajstić information content (AvgIpc) is 3.28. The van der Waals surface area contributed by atoms with Crippen LogP contribution in [-0.2, 0) is 6.18 Å². The summed E-state index contributed by atoms with van der Waals surface area (Å²) >= 11 is 5.55. The van der Waals surface area contributed by atoms with Gasteiger partial charge in [-0.2, -0.15) is 13.2 Å². The second kappa shape index (κ2) is 12.6. The van der Waals surface area contributed by atoms with E-state index in [2.05, 4.69) is 15.6 Å². The maximum atomic E-state index is 12.8. The van der Waals surface area contributed by atoms with Gasteiger partial charge < -0.3 is 10.6 Å².